The van der Waals surface area contributed by atoms with E-state index in [-0.39, 0.29) is 47.2 Å². The number of aromatic nitrogens is 3. The van der Waals surface area contributed by atoms with Crippen LogP contribution in [0.25, 0.3) is 11.1 Å². The second-order valence-electron chi connectivity index (χ2n) is 19.3. The Bertz CT molecular complexity index is 2800. The number of imidazole rings is 1. The first-order valence-corrected chi connectivity index (χ1v) is 24.2. The molecule has 5 aliphatic heterocycles. The van der Waals surface area contributed by atoms with Crippen molar-refractivity contribution in [2.75, 3.05) is 41.7 Å². The third-order valence-electron chi connectivity index (χ3n) is 15.1. The lowest BCUT2D eigenvalue weighted by atomic mass is 9.75. The number of aliphatic hydroxyl groups is 1. The van der Waals surface area contributed by atoms with Gasteiger partial charge in [0.2, 0.25) is 17.7 Å². The first kappa shape index (κ1) is 43.1. The molecule has 4 N–H and O–H groups in total. The Morgan fingerprint density at radius 3 is 2.46 bits per heavy atom. The van der Waals surface area contributed by atoms with E-state index in [1.165, 1.54) is 33.4 Å². The number of fused-ring (bicyclic) bond motifs is 3. The summed E-state index contributed by atoms with van der Waals surface area (Å²) in [5.41, 5.74) is 6.53. The zero-order chi connectivity index (χ0) is 46.0. The van der Waals surface area contributed by atoms with Gasteiger partial charge < -0.3 is 29.7 Å². The molecule has 3 fully saturated rings. The highest BCUT2D eigenvalue weighted by atomic mass is 32.1. The van der Waals surface area contributed by atoms with Crippen molar-refractivity contribution in [3.8, 4) is 11.1 Å². The number of halogens is 1. The highest BCUT2D eigenvalue weighted by Gasteiger charge is 2.44. The molecule has 17 heteroatoms. The summed E-state index contributed by atoms with van der Waals surface area (Å²) >= 11 is 1.27. The number of rotatable bonds is 10. The minimum atomic E-state index is -1.10. The number of thiazole rings is 1. The first-order chi connectivity index (χ1) is 32.4. The number of piperidine rings is 3. The number of amides is 5. The lowest BCUT2D eigenvalue weighted by molar-refractivity contribution is -0.139. The van der Waals surface area contributed by atoms with Crippen molar-refractivity contribution in [2.24, 2.45) is 5.41 Å². The molecule has 3 saturated heterocycles. The molecule has 2 unspecified atom stereocenters. The van der Waals surface area contributed by atoms with Gasteiger partial charge >= 0.3 is 0 Å². The number of anilines is 3. The molecular weight excluding hydrogens is 874 g/mol. The Labute approximate surface area is 390 Å². The zero-order valence-corrected chi connectivity index (χ0v) is 37.9. The van der Waals surface area contributed by atoms with E-state index in [9.17, 15) is 29.1 Å². The highest BCUT2D eigenvalue weighted by molar-refractivity contribution is 7.13. The van der Waals surface area contributed by atoms with E-state index in [0.29, 0.717) is 68.3 Å². The molecule has 1 aliphatic carbocycles. The lowest BCUT2D eigenvalue weighted by Crippen LogP contribution is -2.49. The number of carbonyl (C=O) groups is 5. The molecule has 2 atom stereocenters. The van der Waals surface area contributed by atoms with E-state index in [2.05, 4.69) is 43.0 Å². The third-order valence-corrected chi connectivity index (χ3v) is 15.8. The maximum atomic E-state index is 16.0. The maximum absolute atomic E-state index is 16.0. The molecule has 6 aliphatic rings. The average molecular weight is 926 g/mol. The van der Waals surface area contributed by atoms with Crippen molar-refractivity contribution in [2.45, 2.75) is 101 Å². The van der Waals surface area contributed by atoms with Crippen LogP contribution >= 0.6 is 11.3 Å². The van der Waals surface area contributed by atoms with Crippen LogP contribution in [0.4, 0.5) is 20.9 Å². The number of likely N-dealkylation sites (tertiary alicyclic amines) is 1. The van der Waals surface area contributed by atoms with E-state index in [4.69, 9.17) is 0 Å². The molecule has 11 rings (SSSR count). The Hall–Kier alpha value is -6.46. The minimum Gasteiger partial charge on any atom is -0.389 e. The van der Waals surface area contributed by atoms with E-state index in [1.54, 1.807) is 24.0 Å². The summed E-state index contributed by atoms with van der Waals surface area (Å²) in [4.78, 5) is 79.9. The summed E-state index contributed by atoms with van der Waals surface area (Å²) < 4.78 is 18.0. The van der Waals surface area contributed by atoms with Gasteiger partial charge in [-0.1, -0.05) is 18.2 Å². The Morgan fingerprint density at radius 1 is 0.910 bits per heavy atom. The molecule has 0 bridgehead atoms. The molecule has 67 heavy (non-hydrogen) atoms. The fourth-order valence-corrected chi connectivity index (χ4v) is 11.9. The number of nitrogens with zero attached hydrogens (tertiary/aromatic N) is 6. The van der Waals surface area contributed by atoms with Gasteiger partial charge in [-0.25, -0.2) is 14.4 Å². The number of nitrogens with one attached hydrogen (secondary N) is 3. The Kier molecular flexibility index (Phi) is 10.9. The van der Waals surface area contributed by atoms with E-state index in [1.807, 2.05) is 39.8 Å². The summed E-state index contributed by atoms with van der Waals surface area (Å²) in [7, 11) is 0. The zero-order valence-electron chi connectivity index (χ0n) is 37.1. The van der Waals surface area contributed by atoms with Crippen molar-refractivity contribution >= 4 is 57.4 Å². The number of benzene rings is 3. The van der Waals surface area contributed by atoms with Crippen molar-refractivity contribution in [3.05, 3.63) is 112 Å². The molecule has 0 saturated carbocycles. The molecule has 5 amide bonds. The largest absolute Gasteiger partial charge is 0.389 e. The molecule has 346 valence electrons. The third kappa shape index (κ3) is 8.25. The predicted octanol–water partition coefficient (Wildman–Crippen LogP) is 5.77. The van der Waals surface area contributed by atoms with Gasteiger partial charge in [0.25, 0.3) is 11.8 Å². The van der Waals surface area contributed by atoms with E-state index in [0.717, 1.165) is 67.7 Å². The summed E-state index contributed by atoms with van der Waals surface area (Å²) in [6, 6.07) is 15.7. The first-order valence-electron chi connectivity index (χ1n) is 23.4. The van der Waals surface area contributed by atoms with E-state index >= 15 is 4.39 Å². The summed E-state index contributed by atoms with van der Waals surface area (Å²) in [6.07, 6.45) is 10.4. The van der Waals surface area contributed by atoms with Crippen LogP contribution in [0.5, 0.6) is 0 Å². The van der Waals surface area contributed by atoms with Crippen LogP contribution < -0.4 is 20.9 Å². The van der Waals surface area contributed by atoms with E-state index < -0.39 is 35.3 Å². The van der Waals surface area contributed by atoms with Gasteiger partial charge in [0.15, 0.2) is 11.2 Å². The van der Waals surface area contributed by atoms with Gasteiger partial charge in [-0.05, 0) is 122 Å². The standard InChI is InChI=1S/C50H52FN9O6S/c51-38-24-32(23-36-37(38)28-60(47(36)65)44(46(64)56-48-52-15-21-67-48)43-40-2-1-16-59(40)29-53-43)30-4-7-35(8-5-30)57-19-13-50(66,14-20-57)27-42(62)58-17-11-49(12-18-58)25-31-3-6-34(22-33(31)26-49)54-39-9-10-41(61)55-45(39)63/h3-8,15,21-24,29,39,44,54,66H,1-2,9-14,16-20,25-28H2,(H,52,56,64)(H,55,61,63). The summed E-state index contributed by atoms with van der Waals surface area (Å²) in [6.45, 7) is 3.16. The monoisotopic (exact) mass is 925 g/mol. The lowest BCUT2D eigenvalue weighted by Gasteiger charge is -2.42. The van der Waals surface area contributed by atoms with Crippen LogP contribution in [-0.2, 0) is 51.5 Å². The average Bonchev–Trinajstić information content (AvgIpc) is 4.17. The van der Waals surface area contributed by atoms with Gasteiger partial charge in [0.1, 0.15) is 11.9 Å². The van der Waals surface area contributed by atoms with Crippen molar-refractivity contribution in [1.29, 1.82) is 0 Å². The predicted molar refractivity (Wildman–Crippen MR) is 249 cm³/mol. The van der Waals surface area contributed by atoms with Crippen molar-refractivity contribution in [3.63, 3.8) is 0 Å². The maximum Gasteiger partial charge on any atom is 0.255 e. The molecule has 0 radical (unpaired) electrons. The highest BCUT2D eigenvalue weighted by Crippen LogP contribution is 2.46. The number of hydrogen-bond donors (Lipinski definition) is 4. The molecular formula is C50H52FN9O6S. The second kappa shape index (κ2) is 17.0. The topological polar surface area (TPSA) is 182 Å². The van der Waals surface area contributed by atoms with Crippen molar-refractivity contribution < 1.29 is 33.5 Å². The normalized spacial score (nSPS) is 21.0. The number of carbonyl (C=O) groups excluding carboxylic acids is 5. The van der Waals surface area contributed by atoms with Gasteiger partial charge in [-0.3, -0.25) is 34.6 Å². The molecule has 15 nitrogen and oxygen atoms in total. The van der Waals surface area contributed by atoms with Gasteiger partial charge in [0, 0.05) is 78.9 Å². The van der Waals surface area contributed by atoms with Crippen LogP contribution in [0.1, 0.15) is 95.8 Å². The SMILES string of the molecule is O=C1CCC(Nc2ccc3c(c2)CC2(CCN(C(=O)CC4(O)CCN(c5ccc(-c6cc(F)c7c(c6)C(=O)N(C(C(=O)Nc6nccs6)c6ncn8c6CCC8)C7)cc5)CC4)CC2)C3)C(=O)N1. The fourth-order valence-electron chi connectivity index (χ4n) is 11.3. The number of aryl methyl sites for hydroxylation is 1. The van der Waals surface area contributed by atoms with Gasteiger partial charge in [-0.15, -0.1) is 11.3 Å². The Balaban J connectivity index is 0.691. The number of imide groups is 1. The minimum absolute atomic E-state index is 0.0100. The quantitative estimate of drug-likeness (QED) is 0.126. The summed E-state index contributed by atoms with van der Waals surface area (Å²) in [5, 5.41) is 22.4. The van der Waals surface area contributed by atoms with Crippen molar-refractivity contribution in [1.82, 2.24) is 29.7 Å². The van der Waals surface area contributed by atoms with Gasteiger partial charge in [-0.2, -0.15) is 0 Å². The van der Waals surface area contributed by atoms with Crippen LogP contribution in [0.3, 0.4) is 0 Å². The summed E-state index contributed by atoms with van der Waals surface area (Å²) in [5.74, 6) is -1.93. The molecule has 1 spiro atoms. The smallest absolute Gasteiger partial charge is 0.255 e. The Morgan fingerprint density at radius 2 is 1.70 bits per heavy atom. The molecule has 3 aromatic carbocycles. The van der Waals surface area contributed by atoms with Crippen LogP contribution in [0, 0.1) is 11.2 Å². The molecule has 2 aromatic heterocycles. The second-order valence-corrected chi connectivity index (χ2v) is 20.2. The van der Waals surface area contributed by atoms with Crippen LogP contribution in [0.15, 0.2) is 72.5 Å². The fraction of sp³-hybridized carbons (Fsp3) is 0.420. The van der Waals surface area contributed by atoms with Gasteiger partial charge in [0.05, 0.1) is 30.6 Å². The molecule has 7 heterocycles. The van der Waals surface area contributed by atoms with Crippen LogP contribution in [0.2, 0.25) is 0 Å². The number of hydrogen-bond acceptors (Lipinski definition) is 11. The van der Waals surface area contributed by atoms with Crippen LogP contribution in [-0.4, -0.2) is 96.8 Å². The molecule has 5 aromatic rings.